The highest BCUT2D eigenvalue weighted by Crippen LogP contribution is 2.26. The average Bonchev–Trinajstić information content (AvgIpc) is 2.93. The predicted molar refractivity (Wildman–Crippen MR) is 102 cm³/mol. The molecule has 1 aromatic heterocycles. The quantitative estimate of drug-likeness (QED) is 0.760. The Morgan fingerprint density at radius 2 is 2.04 bits per heavy atom. The number of hydrogen-bond donors (Lipinski definition) is 2. The predicted octanol–water partition coefficient (Wildman–Crippen LogP) is 2.30. The van der Waals surface area contributed by atoms with Crippen LogP contribution in [0.5, 0.6) is 0 Å². The Bertz CT molecular complexity index is 890. The van der Waals surface area contributed by atoms with E-state index >= 15 is 0 Å². The number of carbonyl (C=O) groups excluding carboxylic acids is 1. The molecule has 1 amide bonds. The third kappa shape index (κ3) is 4.22. The molecule has 0 bridgehead atoms. The van der Waals surface area contributed by atoms with Gasteiger partial charge in [-0.05, 0) is 57.5 Å². The molecule has 1 heterocycles. The van der Waals surface area contributed by atoms with E-state index in [1.807, 2.05) is 31.7 Å². The van der Waals surface area contributed by atoms with E-state index in [1.54, 1.807) is 12.1 Å². The maximum atomic E-state index is 14.6. The van der Waals surface area contributed by atoms with Crippen LogP contribution in [-0.2, 0) is 4.79 Å². The van der Waals surface area contributed by atoms with Crippen LogP contribution >= 0.6 is 0 Å². The van der Waals surface area contributed by atoms with Gasteiger partial charge < -0.3 is 10.4 Å². The first-order valence-electron chi connectivity index (χ1n) is 9.38. The van der Waals surface area contributed by atoms with Crippen molar-refractivity contribution in [3.63, 3.8) is 0 Å². The number of benzene rings is 1. The lowest BCUT2D eigenvalue weighted by atomic mass is 9.85. The Morgan fingerprint density at radius 1 is 1.32 bits per heavy atom. The summed E-state index contributed by atoms with van der Waals surface area (Å²) in [6.45, 7) is 6.25. The highest BCUT2D eigenvalue weighted by Gasteiger charge is 2.34. The lowest BCUT2D eigenvalue weighted by molar-refractivity contribution is -0.139. The van der Waals surface area contributed by atoms with Crippen LogP contribution < -0.4 is 5.32 Å². The van der Waals surface area contributed by atoms with Crippen molar-refractivity contribution in [2.24, 2.45) is 0 Å². The molecule has 0 atom stereocenters. The Morgan fingerprint density at radius 3 is 2.57 bits per heavy atom. The number of nitrogens with one attached hydrogen (secondary N) is 1. The van der Waals surface area contributed by atoms with Crippen molar-refractivity contribution in [2.75, 3.05) is 13.1 Å². The average molecular weight is 388 g/mol. The van der Waals surface area contributed by atoms with E-state index in [4.69, 9.17) is 5.11 Å². The van der Waals surface area contributed by atoms with E-state index in [1.165, 1.54) is 10.7 Å². The molecule has 8 heteroatoms. The van der Waals surface area contributed by atoms with Crippen LogP contribution in [0.25, 0.3) is 5.69 Å². The molecule has 1 aromatic carbocycles. The van der Waals surface area contributed by atoms with Gasteiger partial charge in [-0.15, -0.1) is 0 Å². The van der Waals surface area contributed by atoms with Gasteiger partial charge in [-0.2, -0.15) is 5.10 Å². The van der Waals surface area contributed by atoms with Gasteiger partial charge in [0, 0.05) is 23.3 Å². The van der Waals surface area contributed by atoms with Crippen LogP contribution in [0, 0.1) is 19.7 Å². The molecular formula is C20H25FN4O3. The van der Waals surface area contributed by atoms with Gasteiger partial charge in [0.15, 0.2) is 0 Å². The van der Waals surface area contributed by atoms with E-state index in [-0.39, 0.29) is 30.1 Å². The fraction of sp³-hybridized carbons (Fsp3) is 0.450. The van der Waals surface area contributed by atoms with Gasteiger partial charge in [0.25, 0.3) is 5.91 Å². The second-order valence-corrected chi connectivity index (χ2v) is 7.26. The SMILES string of the molecule is CCN(CC(=O)O)C1CC(NC(=O)c2ccc(-n3nc(C)cc3C)c(F)c2)C1. The van der Waals surface area contributed by atoms with Crippen LogP contribution in [0.2, 0.25) is 0 Å². The second-order valence-electron chi connectivity index (χ2n) is 7.26. The maximum absolute atomic E-state index is 14.6. The largest absolute Gasteiger partial charge is 0.480 e. The molecule has 0 radical (unpaired) electrons. The normalized spacial score (nSPS) is 18.8. The van der Waals surface area contributed by atoms with Crippen LogP contribution in [0.15, 0.2) is 24.3 Å². The zero-order valence-corrected chi connectivity index (χ0v) is 16.3. The van der Waals surface area contributed by atoms with Crippen molar-refractivity contribution in [3.8, 4) is 5.69 Å². The summed E-state index contributed by atoms with van der Waals surface area (Å²) < 4.78 is 16.1. The number of aromatic nitrogens is 2. The van der Waals surface area contributed by atoms with E-state index in [0.29, 0.717) is 25.1 Å². The topological polar surface area (TPSA) is 87.5 Å². The molecule has 2 N–H and O–H groups in total. The summed E-state index contributed by atoms with van der Waals surface area (Å²) >= 11 is 0. The summed E-state index contributed by atoms with van der Waals surface area (Å²) in [5.41, 5.74) is 2.17. The summed E-state index contributed by atoms with van der Waals surface area (Å²) in [7, 11) is 0. The van der Waals surface area contributed by atoms with Gasteiger partial charge in [-0.3, -0.25) is 14.5 Å². The molecule has 1 aliphatic carbocycles. The fourth-order valence-electron chi connectivity index (χ4n) is 3.64. The van der Waals surface area contributed by atoms with Gasteiger partial charge >= 0.3 is 5.97 Å². The molecule has 150 valence electrons. The van der Waals surface area contributed by atoms with E-state index < -0.39 is 11.8 Å². The minimum Gasteiger partial charge on any atom is -0.480 e. The number of hydrogen-bond acceptors (Lipinski definition) is 4. The first-order valence-corrected chi connectivity index (χ1v) is 9.38. The van der Waals surface area contributed by atoms with Gasteiger partial charge in [-0.25, -0.2) is 9.07 Å². The first kappa shape index (κ1) is 20.0. The molecular weight excluding hydrogens is 363 g/mol. The van der Waals surface area contributed by atoms with Crippen molar-refractivity contribution in [1.82, 2.24) is 20.0 Å². The Hall–Kier alpha value is -2.74. The van der Waals surface area contributed by atoms with Gasteiger partial charge in [0.2, 0.25) is 0 Å². The summed E-state index contributed by atoms with van der Waals surface area (Å²) in [6, 6.07) is 6.34. The maximum Gasteiger partial charge on any atom is 0.317 e. The van der Waals surface area contributed by atoms with Crippen LogP contribution in [0.1, 0.15) is 41.5 Å². The van der Waals surface area contributed by atoms with Crippen LogP contribution in [-0.4, -0.2) is 56.8 Å². The lowest BCUT2D eigenvalue weighted by Gasteiger charge is -2.42. The van der Waals surface area contributed by atoms with E-state index in [0.717, 1.165) is 11.4 Å². The Balaban J connectivity index is 1.61. The van der Waals surface area contributed by atoms with Crippen molar-refractivity contribution in [3.05, 3.63) is 47.0 Å². The number of amides is 1. The molecule has 1 saturated carbocycles. The summed E-state index contributed by atoms with van der Waals surface area (Å²) in [5.74, 6) is -1.69. The number of halogens is 1. The zero-order valence-electron chi connectivity index (χ0n) is 16.3. The molecule has 7 nitrogen and oxygen atoms in total. The minimum absolute atomic E-state index is 0.000819. The number of carboxylic acids is 1. The molecule has 28 heavy (non-hydrogen) atoms. The smallest absolute Gasteiger partial charge is 0.317 e. The number of likely N-dealkylation sites (N-methyl/N-ethyl adjacent to an activating group) is 1. The number of aliphatic carboxylic acids is 1. The first-order chi connectivity index (χ1) is 13.3. The van der Waals surface area contributed by atoms with Crippen molar-refractivity contribution < 1.29 is 19.1 Å². The molecule has 0 spiro atoms. The molecule has 2 aromatic rings. The van der Waals surface area contributed by atoms with Crippen molar-refractivity contribution in [1.29, 1.82) is 0 Å². The third-order valence-electron chi connectivity index (χ3n) is 5.16. The van der Waals surface area contributed by atoms with Gasteiger partial charge in [0.1, 0.15) is 11.5 Å². The molecule has 0 unspecified atom stereocenters. The van der Waals surface area contributed by atoms with Crippen molar-refractivity contribution in [2.45, 2.75) is 45.7 Å². The number of carboxylic acid groups (broad SMARTS) is 1. The highest BCUT2D eigenvalue weighted by atomic mass is 19.1. The van der Waals surface area contributed by atoms with Crippen LogP contribution in [0.4, 0.5) is 4.39 Å². The lowest BCUT2D eigenvalue weighted by Crippen LogP contribution is -2.54. The second kappa shape index (κ2) is 8.10. The highest BCUT2D eigenvalue weighted by molar-refractivity contribution is 5.94. The Kier molecular flexibility index (Phi) is 5.79. The number of aryl methyl sites for hydroxylation is 2. The monoisotopic (exact) mass is 388 g/mol. The standard InChI is InChI=1S/C20H25FN4O3/c1-4-24(11-19(26)27)16-9-15(10-16)22-20(28)14-5-6-18(17(21)8-14)25-13(3)7-12(2)23-25/h5-8,15-16H,4,9-11H2,1-3H3,(H,22,28)(H,26,27). The van der Waals surface area contributed by atoms with E-state index in [9.17, 15) is 14.0 Å². The molecule has 0 saturated heterocycles. The summed E-state index contributed by atoms with van der Waals surface area (Å²) in [6.07, 6.45) is 1.39. The minimum atomic E-state index is -0.854. The summed E-state index contributed by atoms with van der Waals surface area (Å²) in [4.78, 5) is 25.2. The third-order valence-corrected chi connectivity index (χ3v) is 5.16. The number of rotatable bonds is 7. The zero-order chi connectivity index (χ0) is 20.4. The van der Waals surface area contributed by atoms with Crippen molar-refractivity contribution >= 4 is 11.9 Å². The van der Waals surface area contributed by atoms with E-state index in [2.05, 4.69) is 10.4 Å². The van der Waals surface area contributed by atoms with Gasteiger partial charge in [0.05, 0.1) is 12.2 Å². The van der Waals surface area contributed by atoms with Crippen LogP contribution in [0.3, 0.4) is 0 Å². The molecule has 1 aliphatic rings. The summed E-state index contributed by atoms with van der Waals surface area (Å²) in [5, 5.41) is 16.1. The molecule has 1 fully saturated rings. The fourth-order valence-corrected chi connectivity index (χ4v) is 3.64. The number of carbonyl (C=O) groups is 2. The number of nitrogens with zero attached hydrogens (tertiary/aromatic N) is 3. The molecule has 0 aliphatic heterocycles. The molecule has 3 rings (SSSR count). The van der Waals surface area contributed by atoms with Gasteiger partial charge in [-0.1, -0.05) is 6.92 Å². The Labute approximate surface area is 163 Å².